The molecule has 0 radical (unpaired) electrons. The molecule has 1 aromatic carbocycles. The Kier molecular flexibility index (Phi) is 2.70. The van der Waals surface area contributed by atoms with Gasteiger partial charge < -0.3 is 0 Å². The highest BCUT2D eigenvalue weighted by atomic mass is 127. The average molecular weight is 362 g/mol. The predicted octanol–water partition coefficient (Wildman–Crippen LogP) is 5.44. The van der Waals surface area contributed by atoms with Gasteiger partial charge in [-0.05, 0) is 34.9 Å². The van der Waals surface area contributed by atoms with Gasteiger partial charge in [0, 0.05) is 19.0 Å². The smallest absolute Gasteiger partial charge is 0.0900 e. The molecule has 0 fully saturated rings. The van der Waals surface area contributed by atoms with Crippen LogP contribution in [0.25, 0.3) is 19.5 Å². The molecule has 2 aromatic heterocycles. The third-order valence-electron chi connectivity index (χ3n) is 2.33. The quantitative estimate of drug-likeness (QED) is 0.410. The molecule has 0 nitrogen and oxygen atoms in total. The van der Waals surface area contributed by atoms with Gasteiger partial charge in [-0.2, -0.15) is 0 Å². The molecule has 0 aliphatic rings. The first kappa shape index (κ1) is 10.4. The second-order valence-corrected chi connectivity index (χ2v) is 7.65. The Morgan fingerprint density at radius 2 is 2.00 bits per heavy atom. The standard InChI is InChI=1S/C11H7IS3/c1-13-11-9(12)8-6-4-2-3-5-7(6)14-10(8)15-11/h2-5H,1H3. The highest BCUT2D eigenvalue weighted by Gasteiger charge is 2.14. The molecule has 3 aromatic rings. The Bertz CT molecular complexity index is 636. The van der Waals surface area contributed by atoms with Crippen LogP contribution in [-0.2, 0) is 0 Å². The minimum atomic E-state index is 1.41. The molecule has 2 heterocycles. The molecule has 0 N–H and O–H groups in total. The van der Waals surface area contributed by atoms with Crippen LogP contribution in [-0.4, -0.2) is 6.26 Å². The van der Waals surface area contributed by atoms with Crippen molar-refractivity contribution in [3.63, 3.8) is 0 Å². The monoisotopic (exact) mass is 362 g/mol. The summed E-state index contributed by atoms with van der Waals surface area (Å²) in [6.07, 6.45) is 2.15. The summed E-state index contributed by atoms with van der Waals surface area (Å²) >= 11 is 8.16. The van der Waals surface area contributed by atoms with Gasteiger partial charge in [0.15, 0.2) is 0 Å². The summed E-state index contributed by atoms with van der Waals surface area (Å²) < 4.78 is 5.74. The average Bonchev–Trinajstić information content (AvgIpc) is 2.75. The van der Waals surface area contributed by atoms with Gasteiger partial charge in [-0.25, -0.2) is 0 Å². The third-order valence-corrected chi connectivity index (χ3v) is 7.71. The Morgan fingerprint density at radius 3 is 2.80 bits per heavy atom. The van der Waals surface area contributed by atoms with Crippen LogP contribution in [0.3, 0.4) is 0 Å². The van der Waals surface area contributed by atoms with Gasteiger partial charge in [-0.3, -0.25) is 0 Å². The van der Waals surface area contributed by atoms with Crippen LogP contribution in [0.5, 0.6) is 0 Å². The summed E-state index contributed by atoms with van der Waals surface area (Å²) in [7, 11) is 0. The summed E-state index contributed by atoms with van der Waals surface area (Å²) in [5.41, 5.74) is 0. The second kappa shape index (κ2) is 3.91. The van der Waals surface area contributed by atoms with E-state index in [4.69, 9.17) is 0 Å². The first-order valence-corrected chi connectivity index (χ1v) is 8.38. The summed E-state index contributed by atoms with van der Waals surface area (Å²) in [6.45, 7) is 0. The fourth-order valence-corrected chi connectivity index (χ4v) is 6.91. The summed E-state index contributed by atoms with van der Waals surface area (Å²) in [5.74, 6) is 0. The number of rotatable bonds is 1. The lowest BCUT2D eigenvalue weighted by Crippen LogP contribution is -1.68. The Hall–Kier alpha value is 0.220. The zero-order valence-corrected chi connectivity index (χ0v) is 12.5. The van der Waals surface area contributed by atoms with Crippen molar-refractivity contribution in [3.8, 4) is 0 Å². The molecule has 0 unspecified atom stereocenters. The molecule has 4 heteroatoms. The fraction of sp³-hybridized carbons (Fsp3) is 0.0909. The number of thiophene rings is 2. The van der Waals surface area contributed by atoms with Crippen LogP contribution in [0, 0.1) is 3.57 Å². The second-order valence-electron chi connectivity index (χ2n) is 3.17. The van der Waals surface area contributed by atoms with E-state index in [2.05, 4.69) is 53.1 Å². The number of thioether (sulfide) groups is 1. The van der Waals surface area contributed by atoms with E-state index in [0.717, 1.165) is 0 Å². The van der Waals surface area contributed by atoms with E-state index < -0.39 is 0 Å². The fourth-order valence-electron chi connectivity index (χ4n) is 1.67. The van der Waals surface area contributed by atoms with Crippen molar-refractivity contribution in [1.82, 2.24) is 0 Å². The highest BCUT2D eigenvalue weighted by Crippen LogP contribution is 2.45. The maximum absolute atomic E-state index is 2.47. The van der Waals surface area contributed by atoms with Gasteiger partial charge in [0.2, 0.25) is 0 Å². The highest BCUT2D eigenvalue weighted by molar-refractivity contribution is 14.1. The molecule has 0 bridgehead atoms. The lowest BCUT2D eigenvalue weighted by atomic mass is 10.2. The molecule has 0 saturated heterocycles. The molecule has 3 rings (SSSR count). The van der Waals surface area contributed by atoms with Crippen molar-refractivity contribution in [2.24, 2.45) is 0 Å². The van der Waals surface area contributed by atoms with E-state index in [1.54, 1.807) is 0 Å². The Morgan fingerprint density at radius 1 is 1.20 bits per heavy atom. The van der Waals surface area contributed by atoms with Crippen LogP contribution in [0.1, 0.15) is 0 Å². The molecular formula is C11H7IS3. The van der Waals surface area contributed by atoms with Crippen molar-refractivity contribution < 1.29 is 0 Å². The van der Waals surface area contributed by atoms with Gasteiger partial charge >= 0.3 is 0 Å². The molecule has 0 amide bonds. The molecule has 0 saturated carbocycles. The van der Waals surface area contributed by atoms with Crippen LogP contribution < -0.4 is 0 Å². The zero-order valence-electron chi connectivity index (χ0n) is 7.91. The van der Waals surface area contributed by atoms with E-state index in [-0.39, 0.29) is 0 Å². The van der Waals surface area contributed by atoms with Crippen molar-refractivity contribution in [1.29, 1.82) is 0 Å². The minimum Gasteiger partial charge on any atom is -0.124 e. The van der Waals surface area contributed by atoms with Crippen molar-refractivity contribution in [3.05, 3.63) is 27.8 Å². The van der Waals surface area contributed by atoms with Crippen molar-refractivity contribution in [2.75, 3.05) is 6.26 Å². The zero-order chi connectivity index (χ0) is 10.4. The number of fused-ring (bicyclic) bond motifs is 3. The molecule has 76 valence electrons. The number of hydrogen-bond acceptors (Lipinski definition) is 3. The van der Waals surface area contributed by atoms with E-state index in [9.17, 15) is 0 Å². The maximum atomic E-state index is 2.47. The first-order chi connectivity index (χ1) is 7.31. The Balaban J connectivity index is 2.51. The van der Waals surface area contributed by atoms with E-state index in [1.807, 2.05) is 34.4 Å². The molecule has 0 aliphatic carbocycles. The lowest BCUT2D eigenvalue weighted by Gasteiger charge is -1.92. The van der Waals surface area contributed by atoms with E-state index >= 15 is 0 Å². The van der Waals surface area contributed by atoms with Crippen LogP contribution >= 0.6 is 57.0 Å². The van der Waals surface area contributed by atoms with Crippen LogP contribution in [0.4, 0.5) is 0 Å². The summed E-state index contributed by atoms with van der Waals surface area (Å²) in [6, 6.07) is 8.68. The Labute approximate surface area is 114 Å². The molecule has 0 aliphatic heterocycles. The van der Waals surface area contributed by atoms with Gasteiger partial charge in [0.1, 0.15) is 0 Å². The topological polar surface area (TPSA) is 0 Å². The first-order valence-electron chi connectivity index (χ1n) is 4.45. The SMILES string of the molecule is CSc1sc2sc3ccccc3c2c1I. The number of hydrogen-bond donors (Lipinski definition) is 0. The molecule has 0 atom stereocenters. The van der Waals surface area contributed by atoms with Gasteiger partial charge in [-0.1, -0.05) is 18.2 Å². The van der Waals surface area contributed by atoms with Gasteiger partial charge in [-0.15, -0.1) is 34.4 Å². The lowest BCUT2D eigenvalue weighted by molar-refractivity contribution is 1.69. The predicted molar refractivity (Wildman–Crippen MR) is 81.7 cm³/mol. The molecule has 0 spiro atoms. The van der Waals surface area contributed by atoms with E-state index in [1.165, 1.54) is 27.3 Å². The normalized spacial score (nSPS) is 11.6. The minimum absolute atomic E-state index is 1.41. The summed E-state index contributed by atoms with van der Waals surface area (Å²) in [4.78, 5) is 0. The maximum Gasteiger partial charge on any atom is 0.0900 e. The number of halogens is 1. The van der Waals surface area contributed by atoms with E-state index in [0.29, 0.717) is 0 Å². The number of benzene rings is 1. The van der Waals surface area contributed by atoms with Gasteiger partial charge in [0.05, 0.1) is 8.22 Å². The van der Waals surface area contributed by atoms with Gasteiger partial charge in [0.25, 0.3) is 0 Å². The van der Waals surface area contributed by atoms with Crippen molar-refractivity contribution in [2.45, 2.75) is 4.21 Å². The third kappa shape index (κ3) is 1.53. The van der Waals surface area contributed by atoms with Crippen molar-refractivity contribution >= 4 is 76.5 Å². The van der Waals surface area contributed by atoms with Crippen LogP contribution in [0.2, 0.25) is 0 Å². The largest absolute Gasteiger partial charge is 0.124 e. The molecular weight excluding hydrogens is 355 g/mol. The molecule has 15 heavy (non-hydrogen) atoms. The summed E-state index contributed by atoms with van der Waals surface area (Å²) in [5, 5.41) is 2.88. The van der Waals surface area contributed by atoms with Crippen LogP contribution in [0.15, 0.2) is 28.5 Å².